The van der Waals surface area contributed by atoms with E-state index in [2.05, 4.69) is 15.2 Å². The molecule has 0 aliphatic carbocycles. The second kappa shape index (κ2) is 7.52. The standard InChI is InChI=1S/C16H25N3O2/c1-3-14(20)11-19-8-4-5-13(10-19)16(21)18-15-7-6-12(2)9-17-15/h6-7,9,13-14,20H,3-5,8,10-11H2,1-2H3,(H,17,18,21)/t13?,14-/m1/s1. The number of piperidine rings is 1. The Morgan fingerprint density at radius 3 is 3.05 bits per heavy atom. The molecule has 2 atom stereocenters. The summed E-state index contributed by atoms with van der Waals surface area (Å²) in [6.45, 7) is 6.28. The van der Waals surface area contributed by atoms with E-state index >= 15 is 0 Å². The third kappa shape index (κ3) is 4.79. The molecule has 21 heavy (non-hydrogen) atoms. The molecule has 1 aromatic rings. The summed E-state index contributed by atoms with van der Waals surface area (Å²) < 4.78 is 0. The van der Waals surface area contributed by atoms with E-state index in [0.29, 0.717) is 12.4 Å². The fourth-order valence-electron chi connectivity index (χ4n) is 2.63. The minimum atomic E-state index is -0.300. The fraction of sp³-hybridized carbons (Fsp3) is 0.625. The first-order chi connectivity index (χ1) is 10.1. The quantitative estimate of drug-likeness (QED) is 0.868. The molecule has 2 N–H and O–H groups in total. The highest BCUT2D eigenvalue weighted by molar-refractivity contribution is 5.91. The summed E-state index contributed by atoms with van der Waals surface area (Å²) in [4.78, 5) is 18.7. The van der Waals surface area contributed by atoms with Crippen LogP contribution < -0.4 is 5.32 Å². The van der Waals surface area contributed by atoms with Crippen LogP contribution >= 0.6 is 0 Å². The van der Waals surface area contributed by atoms with Gasteiger partial charge >= 0.3 is 0 Å². The molecule has 5 heteroatoms. The number of aromatic nitrogens is 1. The van der Waals surface area contributed by atoms with Crippen LogP contribution in [0.1, 0.15) is 31.7 Å². The molecule has 1 aliphatic rings. The molecule has 0 saturated carbocycles. The van der Waals surface area contributed by atoms with Gasteiger partial charge in [-0.05, 0) is 44.4 Å². The van der Waals surface area contributed by atoms with E-state index < -0.39 is 0 Å². The van der Waals surface area contributed by atoms with Crippen LogP contribution in [0.15, 0.2) is 18.3 Å². The molecule has 0 spiro atoms. The maximum atomic E-state index is 12.3. The van der Waals surface area contributed by atoms with Gasteiger partial charge in [0.1, 0.15) is 5.82 Å². The van der Waals surface area contributed by atoms with Crippen LogP contribution in [-0.2, 0) is 4.79 Å². The van der Waals surface area contributed by atoms with Crippen molar-refractivity contribution in [2.24, 2.45) is 5.92 Å². The van der Waals surface area contributed by atoms with Crippen LogP contribution in [0.5, 0.6) is 0 Å². The van der Waals surface area contributed by atoms with Gasteiger partial charge in [-0.15, -0.1) is 0 Å². The van der Waals surface area contributed by atoms with Gasteiger partial charge in [0.25, 0.3) is 0 Å². The van der Waals surface area contributed by atoms with Crippen molar-refractivity contribution in [1.82, 2.24) is 9.88 Å². The number of likely N-dealkylation sites (tertiary alicyclic amines) is 1. The van der Waals surface area contributed by atoms with E-state index in [4.69, 9.17) is 0 Å². The van der Waals surface area contributed by atoms with E-state index in [-0.39, 0.29) is 17.9 Å². The number of aliphatic hydroxyl groups is 1. The number of hydrogen-bond acceptors (Lipinski definition) is 4. The number of pyridine rings is 1. The van der Waals surface area contributed by atoms with Gasteiger partial charge in [-0.3, -0.25) is 9.69 Å². The van der Waals surface area contributed by atoms with Gasteiger partial charge in [-0.1, -0.05) is 13.0 Å². The smallest absolute Gasteiger partial charge is 0.229 e. The van der Waals surface area contributed by atoms with Crippen LogP contribution in [0.25, 0.3) is 0 Å². The summed E-state index contributed by atoms with van der Waals surface area (Å²) >= 11 is 0. The number of nitrogens with one attached hydrogen (secondary N) is 1. The first-order valence-corrected chi connectivity index (χ1v) is 7.72. The van der Waals surface area contributed by atoms with Gasteiger partial charge in [0, 0.05) is 19.3 Å². The predicted octanol–water partition coefficient (Wildman–Crippen LogP) is 1.81. The summed E-state index contributed by atoms with van der Waals surface area (Å²) in [5.41, 5.74) is 1.07. The summed E-state index contributed by atoms with van der Waals surface area (Å²) in [5, 5.41) is 12.6. The maximum Gasteiger partial charge on any atom is 0.229 e. The third-order valence-electron chi connectivity index (χ3n) is 3.98. The Balaban J connectivity index is 1.88. The average molecular weight is 291 g/mol. The lowest BCUT2D eigenvalue weighted by molar-refractivity contribution is -0.121. The second-order valence-corrected chi connectivity index (χ2v) is 5.87. The van der Waals surface area contributed by atoms with E-state index in [1.54, 1.807) is 6.20 Å². The van der Waals surface area contributed by atoms with Crippen LogP contribution in [0.3, 0.4) is 0 Å². The molecule has 2 heterocycles. The van der Waals surface area contributed by atoms with Crippen molar-refractivity contribution >= 4 is 11.7 Å². The SMILES string of the molecule is CC[C@@H](O)CN1CCCC(C(=O)Nc2ccc(C)cn2)C1. The molecular weight excluding hydrogens is 266 g/mol. The van der Waals surface area contributed by atoms with Crippen molar-refractivity contribution in [3.63, 3.8) is 0 Å². The molecule has 5 nitrogen and oxygen atoms in total. The Morgan fingerprint density at radius 2 is 2.38 bits per heavy atom. The monoisotopic (exact) mass is 291 g/mol. The van der Waals surface area contributed by atoms with Crippen molar-refractivity contribution in [2.45, 2.75) is 39.2 Å². The minimum Gasteiger partial charge on any atom is -0.392 e. The van der Waals surface area contributed by atoms with E-state index in [1.807, 2.05) is 26.0 Å². The third-order valence-corrected chi connectivity index (χ3v) is 3.98. The lowest BCUT2D eigenvalue weighted by Crippen LogP contribution is -2.43. The highest BCUT2D eigenvalue weighted by Crippen LogP contribution is 2.18. The molecule has 1 amide bonds. The van der Waals surface area contributed by atoms with Crippen molar-refractivity contribution in [3.8, 4) is 0 Å². The summed E-state index contributed by atoms with van der Waals surface area (Å²) in [5.74, 6) is 0.615. The molecule has 116 valence electrons. The van der Waals surface area contributed by atoms with Gasteiger partial charge in [0.2, 0.25) is 5.91 Å². The van der Waals surface area contributed by atoms with Crippen molar-refractivity contribution in [3.05, 3.63) is 23.9 Å². The molecule has 1 unspecified atom stereocenters. The van der Waals surface area contributed by atoms with Crippen molar-refractivity contribution in [2.75, 3.05) is 25.0 Å². The number of carbonyl (C=O) groups is 1. The minimum absolute atomic E-state index is 0.0223. The van der Waals surface area contributed by atoms with Gasteiger partial charge in [0.05, 0.1) is 12.0 Å². The lowest BCUT2D eigenvalue weighted by Gasteiger charge is -2.33. The van der Waals surface area contributed by atoms with Gasteiger partial charge < -0.3 is 10.4 Å². The number of β-amino-alcohol motifs (C(OH)–C–C–N with tert-alkyl or cyclic N) is 1. The van der Waals surface area contributed by atoms with Crippen molar-refractivity contribution < 1.29 is 9.90 Å². The van der Waals surface area contributed by atoms with E-state index in [9.17, 15) is 9.90 Å². The number of aryl methyl sites for hydroxylation is 1. The summed E-state index contributed by atoms with van der Waals surface area (Å²) in [6.07, 6.45) is 4.10. The Hall–Kier alpha value is -1.46. The molecule has 1 aromatic heterocycles. The van der Waals surface area contributed by atoms with Crippen LogP contribution in [-0.4, -0.2) is 46.6 Å². The molecule has 0 aromatic carbocycles. The van der Waals surface area contributed by atoms with Crippen LogP contribution in [0, 0.1) is 12.8 Å². The number of carbonyl (C=O) groups excluding carboxylic acids is 1. The lowest BCUT2D eigenvalue weighted by atomic mass is 9.96. The topological polar surface area (TPSA) is 65.5 Å². The van der Waals surface area contributed by atoms with Crippen LogP contribution in [0.2, 0.25) is 0 Å². The number of rotatable bonds is 5. The molecule has 0 radical (unpaired) electrons. The zero-order valence-corrected chi connectivity index (χ0v) is 12.9. The normalized spacial score (nSPS) is 21.0. The number of amides is 1. The number of anilines is 1. The highest BCUT2D eigenvalue weighted by atomic mass is 16.3. The van der Waals surface area contributed by atoms with Crippen molar-refractivity contribution in [1.29, 1.82) is 0 Å². The number of aliphatic hydroxyl groups excluding tert-OH is 1. The fourth-order valence-corrected chi connectivity index (χ4v) is 2.63. The molecule has 2 rings (SSSR count). The Labute approximate surface area is 126 Å². The van der Waals surface area contributed by atoms with Gasteiger partial charge in [0.15, 0.2) is 0 Å². The average Bonchev–Trinajstić information content (AvgIpc) is 2.49. The first-order valence-electron chi connectivity index (χ1n) is 7.72. The van der Waals surface area contributed by atoms with E-state index in [1.165, 1.54) is 0 Å². The first kappa shape index (κ1) is 15.9. The number of nitrogens with zero attached hydrogens (tertiary/aromatic N) is 2. The molecule has 1 saturated heterocycles. The van der Waals surface area contributed by atoms with Crippen LogP contribution in [0.4, 0.5) is 5.82 Å². The number of hydrogen-bond donors (Lipinski definition) is 2. The molecule has 0 bridgehead atoms. The largest absolute Gasteiger partial charge is 0.392 e. The summed E-state index contributed by atoms with van der Waals surface area (Å²) in [7, 11) is 0. The molecule has 1 fully saturated rings. The zero-order valence-electron chi connectivity index (χ0n) is 12.9. The second-order valence-electron chi connectivity index (χ2n) is 5.87. The van der Waals surface area contributed by atoms with Gasteiger partial charge in [-0.25, -0.2) is 4.98 Å². The predicted molar refractivity (Wildman–Crippen MR) is 83.1 cm³/mol. The van der Waals surface area contributed by atoms with Gasteiger partial charge in [-0.2, -0.15) is 0 Å². The Kier molecular flexibility index (Phi) is 5.70. The molecule has 1 aliphatic heterocycles. The van der Waals surface area contributed by atoms with E-state index in [0.717, 1.165) is 37.9 Å². The highest BCUT2D eigenvalue weighted by Gasteiger charge is 2.26. The molecular formula is C16H25N3O2. The Bertz CT molecular complexity index is 461. The summed E-state index contributed by atoms with van der Waals surface area (Å²) in [6, 6.07) is 3.77. The Morgan fingerprint density at radius 1 is 1.57 bits per heavy atom. The maximum absolute atomic E-state index is 12.3. The zero-order chi connectivity index (χ0) is 15.2.